The topological polar surface area (TPSA) is 67.6 Å². The number of amides is 1. The highest BCUT2D eigenvalue weighted by molar-refractivity contribution is 5.78. The number of carbonyl (C=O) groups is 1. The van der Waals surface area contributed by atoms with Crippen molar-refractivity contribution in [1.29, 1.82) is 0 Å². The zero-order valence-corrected chi connectivity index (χ0v) is 11.4. The minimum absolute atomic E-state index is 0.0790. The molecule has 1 heterocycles. The van der Waals surface area contributed by atoms with E-state index in [2.05, 4.69) is 22.1 Å². The maximum absolute atomic E-state index is 11.2. The first-order valence-electron chi connectivity index (χ1n) is 6.69. The molecular formula is C15H19N3O2. The van der Waals surface area contributed by atoms with Crippen LogP contribution in [0, 0.1) is 11.8 Å². The summed E-state index contributed by atoms with van der Waals surface area (Å²) in [6.45, 7) is 3.68. The van der Waals surface area contributed by atoms with E-state index in [0.717, 1.165) is 24.4 Å². The predicted octanol–water partition coefficient (Wildman–Crippen LogP) is -0.193. The van der Waals surface area contributed by atoms with Crippen molar-refractivity contribution in [2.75, 3.05) is 39.3 Å². The molecule has 0 aliphatic carbocycles. The summed E-state index contributed by atoms with van der Waals surface area (Å²) in [5.74, 6) is 6.65. The Morgan fingerprint density at radius 2 is 2.35 bits per heavy atom. The summed E-state index contributed by atoms with van der Waals surface area (Å²) < 4.78 is 5.69. The predicted molar refractivity (Wildman–Crippen MR) is 77.3 cm³/mol. The van der Waals surface area contributed by atoms with E-state index < -0.39 is 0 Å². The smallest absolute Gasteiger partial charge is 0.234 e. The molecule has 3 N–H and O–H groups in total. The van der Waals surface area contributed by atoms with E-state index in [1.54, 1.807) is 0 Å². The second-order valence-electron chi connectivity index (χ2n) is 4.51. The van der Waals surface area contributed by atoms with E-state index >= 15 is 0 Å². The van der Waals surface area contributed by atoms with Crippen LogP contribution in [0.4, 0.5) is 0 Å². The number of piperazine rings is 1. The van der Waals surface area contributed by atoms with Gasteiger partial charge in [0.1, 0.15) is 12.4 Å². The maximum atomic E-state index is 11.2. The fourth-order valence-corrected chi connectivity index (χ4v) is 1.99. The minimum atomic E-state index is 0.0790. The van der Waals surface area contributed by atoms with Gasteiger partial charge in [0, 0.05) is 25.2 Å². The van der Waals surface area contributed by atoms with Crippen LogP contribution in [-0.4, -0.2) is 50.1 Å². The first-order chi connectivity index (χ1) is 9.78. The van der Waals surface area contributed by atoms with Crippen molar-refractivity contribution in [3.8, 4) is 17.6 Å². The van der Waals surface area contributed by atoms with Crippen LogP contribution in [0.5, 0.6) is 5.75 Å². The highest BCUT2D eigenvalue weighted by atomic mass is 16.5. The Morgan fingerprint density at radius 1 is 1.45 bits per heavy atom. The lowest BCUT2D eigenvalue weighted by Gasteiger charge is -2.26. The van der Waals surface area contributed by atoms with Crippen LogP contribution in [0.25, 0.3) is 0 Å². The Bertz CT molecular complexity index is 519. The Balaban J connectivity index is 1.80. The van der Waals surface area contributed by atoms with Crippen LogP contribution >= 0.6 is 0 Å². The van der Waals surface area contributed by atoms with Gasteiger partial charge in [-0.15, -0.1) is 0 Å². The molecule has 0 spiro atoms. The van der Waals surface area contributed by atoms with Crippen molar-refractivity contribution in [2.45, 2.75) is 0 Å². The van der Waals surface area contributed by atoms with Crippen LogP contribution in [-0.2, 0) is 4.79 Å². The highest BCUT2D eigenvalue weighted by Crippen LogP contribution is 2.12. The number of nitrogens with two attached hydrogens (primary N) is 1. The molecule has 1 saturated heterocycles. The number of carbonyl (C=O) groups excluding carboxylic acids is 1. The quantitative estimate of drug-likeness (QED) is 0.746. The Kier molecular flexibility index (Phi) is 5.42. The summed E-state index contributed by atoms with van der Waals surface area (Å²) in [5.41, 5.74) is 6.24. The summed E-state index contributed by atoms with van der Waals surface area (Å²) in [6.07, 6.45) is 0. The van der Waals surface area contributed by atoms with Crippen molar-refractivity contribution in [1.82, 2.24) is 10.2 Å². The lowest BCUT2D eigenvalue weighted by Crippen LogP contribution is -2.48. The van der Waals surface area contributed by atoms with Crippen molar-refractivity contribution in [3.63, 3.8) is 0 Å². The summed E-state index contributed by atoms with van der Waals surface area (Å²) in [6, 6.07) is 7.62. The molecule has 5 nitrogen and oxygen atoms in total. The molecule has 0 saturated carbocycles. The third-order valence-corrected chi connectivity index (χ3v) is 2.96. The zero-order valence-electron chi connectivity index (χ0n) is 11.4. The van der Waals surface area contributed by atoms with Crippen molar-refractivity contribution >= 4 is 5.91 Å². The molecule has 0 radical (unpaired) electrons. The molecule has 0 atom stereocenters. The zero-order chi connectivity index (χ0) is 14.2. The number of nitrogens with one attached hydrogen (secondary N) is 1. The van der Waals surface area contributed by atoms with Gasteiger partial charge < -0.3 is 15.8 Å². The first-order valence-corrected chi connectivity index (χ1v) is 6.69. The van der Waals surface area contributed by atoms with E-state index in [1.165, 1.54) is 0 Å². The van der Waals surface area contributed by atoms with E-state index in [0.29, 0.717) is 26.2 Å². The maximum Gasteiger partial charge on any atom is 0.234 e. The fraction of sp³-hybridized carbons (Fsp3) is 0.400. The van der Waals surface area contributed by atoms with Gasteiger partial charge in [0.05, 0.1) is 13.1 Å². The molecule has 2 rings (SSSR count). The van der Waals surface area contributed by atoms with Crippen LogP contribution in [0.15, 0.2) is 24.3 Å². The van der Waals surface area contributed by atoms with E-state index in [1.807, 2.05) is 24.3 Å². The molecular weight excluding hydrogens is 254 g/mol. The molecule has 1 aromatic carbocycles. The van der Waals surface area contributed by atoms with Gasteiger partial charge in [-0.25, -0.2) is 0 Å². The molecule has 1 amide bonds. The molecule has 1 aromatic rings. The summed E-state index contributed by atoms with van der Waals surface area (Å²) in [4.78, 5) is 13.3. The number of hydrogen-bond donors (Lipinski definition) is 2. The van der Waals surface area contributed by atoms with Gasteiger partial charge in [0.15, 0.2) is 0 Å². The average Bonchev–Trinajstić information content (AvgIpc) is 2.46. The normalized spacial score (nSPS) is 15.2. The molecule has 0 aromatic heterocycles. The summed E-state index contributed by atoms with van der Waals surface area (Å²) >= 11 is 0. The molecule has 0 bridgehead atoms. The van der Waals surface area contributed by atoms with Crippen LogP contribution < -0.4 is 15.8 Å². The minimum Gasteiger partial charge on any atom is -0.492 e. The number of ether oxygens (including phenoxy) is 1. The Morgan fingerprint density at radius 3 is 3.15 bits per heavy atom. The van der Waals surface area contributed by atoms with Crippen LogP contribution in [0.3, 0.4) is 0 Å². The van der Waals surface area contributed by atoms with Gasteiger partial charge in [-0.2, -0.15) is 0 Å². The van der Waals surface area contributed by atoms with E-state index in [-0.39, 0.29) is 5.91 Å². The second kappa shape index (κ2) is 7.53. The summed E-state index contributed by atoms with van der Waals surface area (Å²) in [7, 11) is 0. The second-order valence-corrected chi connectivity index (χ2v) is 4.51. The molecule has 5 heteroatoms. The Hall–Kier alpha value is -2.03. The molecule has 106 valence electrons. The number of rotatable bonds is 4. The lowest BCUT2D eigenvalue weighted by molar-refractivity contribution is -0.124. The average molecular weight is 273 g/mol. The lowest BCUT2D eigenvalue weighted by atomic mass is 10.2. The monoisotopic (exact) mass is 273 g/mol. The van der Waals surface area contributed by atoms with Gasteiger partial charge in [-0.05, 0) is 18.2 Å². The van der Waals surface area contributed by atoms with E-state index in [4.69, 9.17) is 10.5 Å². The number of hydrogen-bond acceptors (Lipinski definition) is 4. The fourth-order valence-electron chi connectivity index (χ4n) is 1.99. The van der Waals surface area contributed by atoms with Crippen molar-refractivity contribution in [3.05, 3.63) is 29.8 Å². The number of benzene rings is 1. The number of nitrogens with zero attached hydrogens (tertiary/aromatic N) is 1. The van der Waals surface area contributed by atoms with E-state index in [9.17, 15) is 4.79 Å². The molecule has 1 aliphatic heterocycles. The van der Waals surface area contributed by atoms with Crippen molar-refractivity contribution < 1.29 is 9.53 Å². The standard InChI is InChI=1S/C15H19N3O2/c16-6-2-4-13-3-1-5-14(11-13)20-10-9-18-8-7-17-15(19)12-18/h1,3,5,11H,6-10,12,16H2,(H,17,19). The molecule has 1 fully saturated rings. The van der Waals surface area contributed by atoms with Gasteiger partial charge in [-0.3, -0.25) is 9.69 Å². The SMILES string of the molecule is NCC#Cc1cccc(OCCN2CCNC(=O)C2)c1. The van der Waals surface area contributed by atoms with Gasteiger partial charge in [0.25, 0.3) is 0 Å². The largest absolute Gasteiger partial charge is 0.492 e. The van der Waals surface area contributed by atoms with Crippen molar-refractivity contribution in [2.24, 2.45) is 5.73 Å². The third kappa shape index (κ3) is 4.57. The van der Waals surface area contributed by atoms with Gasteiger partial charge in [-0.1, -0.05) is 17.9 Å². The van der Waals surface area contributed by atoms with Crippen LogP contribution in [0.2, 0.25) is 0 Å². The first kappa shape index (κ1) is 14.4. The van der Waals surface area contributed by atoms with Crippen LogP contribution in [0.1, 0.15) is 5.56 Å². The van der Waals surface area contributed by atoms with Gasteiger partial charge >= 0.3 is 0 Å². The van der Waals surface area contributed by atoms with Gasteiger partial charge in [0.2, 0.25) is 5.91 Å². The Labute approximate surface area is 119 Å². The molecule has 20 heavy (non-hydrogen) atoms. The summed E-state index contributed by atoms with van der Waals surface area (Å²) in [5, 5.41) is 2.80. The highest BCUT2D eigenvalue weighted by Gasteiger charge is 2.15. The molecule has 1 aliphatic rings. The molecule has 0 unspecified atom stereocenters. The third-order valence-electron chi connectivity index (χ3n) is 2.96.